The van der Waals surface area contributed by atoms with E-state index in [0.29, 0.717) is 11.8 Å². The number of thiophene rings is 1. The first-order valence-electron chi connectivity index (χ1n) is 6.60. The van der Waals surface area contributed by atoms with Gasteiger partial charge in [-0.2, -0.15) is 0 Å². The smallest absolute Gasteiger partial charge is 0.261 e. The lowest BCUT2D eigenvalue weighted by Gasteiger charge is -2.19. The fourth-order valence-electron chi connectivity index (χ4n) is 2.23. The van der Waals surface area contributed by atoms with Crippen LogP contribution in [0.15, 0.2) is 6.07 Å². The zero-order chi connectivity index (χ0) is 13.1. The Hall–Kier alpha value is -0.540. The van der Waals surface area contributed by atoms with Crippen LogP contribution in [0.3, 0.4) is 0 Å². The highest BCUT2D eigenvalue weighted by atomic mass is 35.5. The molecule has 2 nitrogen and oxygen atoms in total. The van der Waals surface area contributed by atoms with Gasteiger partial charge in [-0.05, 0) is 43.2 Å². The molecule has 1 unspecified atom stereocenters. The van der Waals surface area contributed by atoms with Crippen molar-refractivity contribution in [1.82, 2.24) is 5.32 Å². The highest BCUT2D eigenvalue weighted by Gasteiger charge is 2.20. The quantitative estimate of drug-likeness (QED) is 0.841. The summed E-state index contributed by atoms with van der Waals surface area (Å²) in [7, 11) is 0. The van der Waals surface area contributed by atoms with Gasteiger partial charge in [-0.1, -0.05) is 13.8 Å². The maximum atomic E-state index is 12.2. The number of hydrogen-bond acceptors (Lipinski definition) is 2. The number of halogens is 1. The number of aryl methyl sites for hydroxylation is 2. The monoisotopic (exact) mass is 285 g/mol. The summed E-state index contributed by atoms with van der Waals surface area (Å²) in [6, 6.07) is 2.12. The summed E-state index contributed by atoms with van der Waals surface area (Å²) in [5.74, 6) is 0.865. The van der Waals surface area contributed by atoms with E-state index in [9.17, 15) is 4.79 Å². The SMILES string of the molecule is CC(C)C(CCl)NC(=O)c1cc2c(s1)CCCC2. The number of fused-ring (bicyclic) bond motifs is 1. The van der Waals surface area contributed by atoms with Crippen LogP contribution < -0.4 is 5.32 Å². The van der Waals surface area contributed by atoms with Crippen molar-refractivity contribution >= 4 is 28.8 Å². The molecule has 4 heteroatoms. The Morgan fingerprint density at radius 2 is 2.17 bits per heavy atom. The molecule has 0 fully saturated rings. The third-order valence-electron chi connectivity index (χ3n) is 3.51. The molecular formula is C14H20ClNOS. The van der Waals surface area contributed by atoms with E-state index in [4.69, 9.17) is 11.6 Å². The number of nitrogens with one attached hydrogen (secondary N) is 1. The van der Waals surface area contributed by atoms with Crippen LogP contribution in [0.4, 0.5) is 0 Å². The van der Waals surface area contributed by atoms with Crippen LogP contribution in [-0.2, 0) is 12.8 Å². The zero-order valence-electron chi connectivity index (χ0n) is 11.0. The Balaban J connectivity index is 2.06. The summed E-state index contributed by atoms with van der Waals surface area (Å²) in [4.78, 5) is 14.4. The molecule has 1 aliphatic rings. The van der Waals surface area contributed by atoms with E-state index in [0.717, 1.165) is 17.7 Å². The Kier molecular flexibility index (Phi) is 4.68. The Morgan fingerprint density at radius 3 is 2.78 bits per heavy atom. The van der Waals surface area contributed by atoms with E-state index in [1.54, 1.807) is 11.3 Å². The number of carbonyl (C=O) groups excluding carboxylic acids is 1. The van der Waals surface area contributed by atoms with Crippen LogP contribution in [0.5, 0.6) is 0 Å². The molecular weight excluding hydrogens is 266 g/mol. The number of carbonyl (C=O) groups is 1. The second kappa shape index (κ2) is 6.07. The predicted octanol–water partition coefficient (Wildman–Crippen LogP) is 3.62. The number of hydrogen-bond donors (Lipinski definition) is 1. The standard InChI is InChI=1S/C14H20ClNOS/c1-9(2)11(8-15)16-14(17)13-7-10-5-3-4-6-12(10)18-13/h7,9,11H,3-6,8H2,1-2H3,(H,16,17). The fourth-order valence-corrected chi connectivity index (χ4v) is 3.82. The topological polar surface area (TPSA) is 29.1 Å². The molecule has 0 saturated carbocycles. The van der Waals surface area contributed by atoms with E-state index in [1.807, 2.05) is 0 Å². The lowest BCUT2D eigenvalue weighted by atomic mass is 9.99. The molecule has 18 heavy (non-hydrogen) atoms. The van der Waals surface area contributed by atoms with Crippen LogP contribution in [-0.4, -0.2) is 17.8 Å². The van der Waals surface area contributed by atoms with Crippen LogP contribution in [0, 0.1) is 5.92 Å². The Labute approximate surface area is 118 Å². The van der Waals surface area contributed by atoms with Crippen molar-refractivity contribution in [2.45, 2.75) is 45.6 Å². The van der Waals surface area contributed by atoms with Crippen molar-refractivity contribution in [3.63, 3.8) is 0 Å². The average Bonchev–Trinajstić information content (AvgIpc) is 2.79. The highest BCUT2D eigenvalue weighted by molar-refractivity contribution is 7.14. The van der Waals surface area contributed by atoms with Crippen molar-refractivity contribution in [3.05, 3.63) is 21.4 Å². The van der Waals surface area contributed by atoms with Gasteiger partial charge in [0.25, 0.3) is 5.91 Å². The van der Waals surface area contributed by atoms with Crippen molar-refractivity contribution in [1.29, 1.82) is 0 Å². The molecule has 1 aromatic heterocycles. The van der Waals surface area contributed by atoms with Gasteiger partial charge in [-0.25, -0.2) is 0 Å². The van der Waals surface area contributed by atoms with Crippen LogP contribution >= 0.6 is 22.9 Å². The molecule has 1 aromatic rings. The van der Waals surface area contributed by atoms with Crippen molar-refractivity contribution < 1.29 is 4.79 Å². The van der Waals surface area contributed by atoms with Crippen LogP contribution in [0.1, 0.15) is 46.8 Å². The second-order valence-corrected chi connectivity index (χ2v) is 6.69. The molecule has 1 heterocycles. The Morgan fingerprint density at radius 1 is 1.44 bits per heavy atom. The number of alkyl halides is 1. The minimum absolute atomic E-state index is 0.0359. The summed E-state index contributed by atoms with van der Waals surface area (Å²) in [6.45, 7) is 4.15. The number of rotatable bonds is 4. The van der Waals surface area contributed by atoms with Gasteiger partial charge in [0.15, 0.2) is 0 Å². The summed E-state index contributed by atoms with van der Waals surface area (Å²) in [6.07, 6.45) is 4.77. The molecule has 2 rings (SSSR count). The van der Waals surface area contributed by atoms with Gasteiger partial charge >= 0.3 is 0 Å². The first-order valence-corrected chi connectivity index (χ1v) is 7.95. The van der Waals surface area contributed by atoms with Gasteiger partial charge in [-0.15, -0.1) is 22.9 Å². The van der Waals surface area contributed by atoms with E-state index in [1.165, 1.54) is 23.3 Å². The minimum atomic E-state index is 0.0359. The summed E-state index contributed by atoms with van der Waals surface area (Å²) in [5.41, 5.74) is 1.38. The first kappa shape index (κ1) is 13.9. The first-order chi connectivity index (χ1) is 8.61. The van der Waals surface area contributed by atoms with Gasteiger partial charge in [0.1, 0.15) is 0 Å². The van der Waals surface area contributed by atoms with Gasteiger partial charge in [0.2, 0.25) is 0 Å². The molecule has 1 atom stereocenters. The van der Waals surface area contributed by atoms with Crippen molar-refractivity contribution in [2.24, 2.45) is 5.92 Å². The van der Waals surface area contributed by atoms with Crippen molar-refractivity contribution in [2.75, 3.05) is 5.88 Å². The normalized spacial score (nSPS) is 16.4. The molecule has 0 aliphatic heterocycles. The average molecular weight is 286 g/mol. The maximum Gasteiger partial charge on any atom is 0.261 e. The van der Waals surface area contributed by atoms with E-state index < -0.39 is 0 Å². The third-order valence-corrected chi connectivity index (χ3v) is 5.08. The van der Waals surface area contributed by atoms with Gasteiger partial charge in [0.05, 0.1) is 4.88 Å². The maximum absolute atomic E-state index is 12.2. The molecule has 100 valence electrons. The number of amides is 1. The fraction of sp³-hybridized carbons (Fsp3) is 0.643. The summed E-state index contributed by atoms with van der Waals surface area (Å²) >= 11 is 7.54. The molecule has 1 aliphatic carbocycles. The van der Waals surface area contributed by atoms with Gasteiger partial charge in [0, 0.05) is 16.8 Å². The molecule has 0 radical (unpaired) electrons. The lowest BCUT2D eigenvalue weighted by molar-refractivity contribution is 0.0935. The molecule has 1 amide bonds. The molecule has 0 bridgehead atoms. The van der Waals surface area contributed by atoms with Crippen LogP contribution in [0.2, 0.25) is 0 Å². The van der Waals surface area contributed by atoms with E-state index >= 15 is 0 Å². The summed E-state index contributed by atoms with van der Waals surface area (Å²) in [5, 5.41) is 3.03. The third kappa shape index (κ3) is 3.07. The van der Waals surface area contributed by atoms with Crippen LogP contribution in [0.25, 0.3) is 0 Å². The molecule has 1 N–H and O–H groups in total. The van der Waals surface area contributed by atoms with Crippen molar-refractivity contribution in [3.8, 4) is 0 Å². The lowest BCUT2D eigenvalue weighted by Crippen LogP contribution is -2.39. The summed E-state index contributed by atoms with van der Waals surface area (Å²) < 4.78 is 0. The highest BCUT2D eigenvalue weighted by Crippen LogP contribution is 2.29. The van der Waals surface area contributed by atoms with E-state index in [2.05, 4.69) is 25.2 Å². The van der Waals surface area contributed by atoms with Gasteiger partial charge in [-0.3, -0.25) is 4.79 Å². The second-order valence-electron chi connectivity index (χ2n) is 5.24. The molecule has 0 saturated heterocycles. The van der Waals surface area contributed by atoms with Gasteiger partial charge < -0.3 is 5.32 Å². The predicted molar refractivity (Wildman–Crippen MR) is 77.8 cm³/mol. The molecule has 0 spiro atoms. The zero-order valence-corrected chi connectivity index (χ0v) is 12.5. The van der Waals surface area contributed by atoms with E-state index in [-0.39, 0.29) is 11.9 Å². The largest absolute Gasteiger partial charge is 0.347 e. The Bertz CT molecular complexity index is 404. The molecule has 0 aromatic carbocycles. The minimum Gasteiger partial charge on any atom is -0.347 e.